The summed E-state index contributed by atoms with van der Waals surface area (Å²) in [5.74, 6) is -2.22. The third kappa shape index (κ3) is 4.00. The van der Waals surface area contributed by atoms with Gasteiger partial charge in [0.25, 0.3) is 11.5 Å². The fourth-order valence-electron chi connectivity index (χ4n) is 3.73. The maximum atomic E-state index is 13.6. The van der Waals surface area contributed by atoms with Crippen molar-refractivity contribution < 1.29 is 14.3 Å². The van der Waals surface area contributed by atoms with Crippen LogP contribution in [0.1, 0.15) is 17.0 Å². The van der Waals surface area contributed by atoms with Gasteiger partial charge in [-0.15, -0.1) is 11.3 Å². The number of pyridine rings is 1. The number of allylic oxidation sites excluding steroid dienone is 1. The predicted molar refractivity (Wildman–Crippen MR) is 128 cm³/mol. The van der Waals surface area contributed by atoms with Crippen LogP contribution in [0.4, 0.5) is 5.69 Å². The number of esters is 1. The van der Waals surface area contributed by atoms with E-state index in [1.807, 2.05) is 13.0 Å². The number of nitrogens with one attached hydrogen (secondary N) is 1. The molecule has 3 N–H and O–H groups in total. The lowest BCUT2D eigenvalue weighted by Gasteiger charge is -2.25. The van der Waals surface area contributed by atoms with Crippen LogP contribution in [0.15, 0.2) is 59.2 Å². The molecule has 10 heteroatoms. The van der Waals surface area contributed by atoms with Crippen LogP contribution in [-0.2, 0) is 14.3 Å². The number of benzene rings is 1. The quantitative estimate of drug-likeness (QED) is 0.534. The van der Waals surface area contributed by atoms with E-state index in [2.05, 4.69) is 21.1 Å². The maximum Gasteiger partial charge on any atom is 0.332 e. The molecule has 9 nitrogen and oxygen atoms in total. The van der Waals surface area contributed by atoms with Gasteiger partial charge in [-0.1, -0.05) is 18.2 Å². The van der Waals surface area contributed by atoms with E-state index in [0.29, 0.717) is 11.3 Å². The molecule has 0 spiro atoms. The van der Waals surface area contributed by atoms with Gasteiger partial charge in [0.15, 0.2) is 0 Å². The molecule has 2 aromatic heterocycles. The number of anilines is 1. The number of hydrogen-bond donors (Lipinski definition) is 2. The van der Waals surface area contributed by atoms with Crippen molar-refractivity contribution in [2.24, 2.45) is 5.73 Å². The summed E-state index contributed by atoms with van der Waals surface area (Å²) in [6.07, 6.45) is 4.15. The number of methoxy groups -OCH3 is 1. The number of ether oxygens (including phenoxy) is 1. The molecular formula is C24H19N5O4S. The Hall–Kier alpha value is -4.49. The highest BCUT2D eigenvalue weighted by Gasteiger charge is 2.35. The highest BCUT2D eigenvalue weighted by atomic mass is 32.1. The van der Waals surface area contributed by atoms with E-state index in [0.717, 1.165) is 27.5 Å². The number of aromatic nitrogens is 2. The van der Waals surface area contributed by atoms with E-state index >= 15 is 0 Å². The zero-order valence-electron chi connectivity index (χ0n) is 18.2. The maximum absolute atomic E-state index is 13.6. The smallest absolute Gasteiger partial charge is 0.332 e. The van der Waals surface area contributed by atoms with E-state index < -0.39 is 23.4 Å². The summed E-state index contributed by atoms with van der Waals surface area (Å²) in [4.78, 5) is 42.7. The van der Waals surface area contributed by atoms with Crippen LogP contribution in [0.5, 0.6) is 0 Å². The van der Waals surface area contributed by atoms with Gasteiger partial charge in [0.2, 0.25) is 0 Å². The number of carbonyl (C=O) groups excluding carboxylic acids is 2. The van der Waals surface area contributed by atoms with Crippen molar-refractivity contribution in [2.45, 2.75) is 12.8 Å². The van der Waals surface area contributed by atoms with E-state index in [4.69, 9.17) is 5.73 Å². The number of carbonyl (C=O) groups is 2. The number of nitrogens with two attached hydrogens (primary N) is 1. The van der Waals surface area contributed by atoms with Crippen LogP contribution in [0, 0.1) is 18.3 Å². The fourth-order valence-corrected chi connectivity index (χ4v) is 4.87. The standard InChI is InChI=1S/C24H19N5O4S/c1-13-5-3-7-15(9-13)28-22(31)20-19(14-6-4-8-27-12-14)16(11-25)21(26)29-23(32)17(34-24(20)29)10-18(30)33-2/h3-10,12,19H,26H2,1-2H3,(H,28,31)/b17-10-/t19-/m0/s1. The Morgan fingerprint density at radius 1 is 1.32 bits per heavy atom. The first kappa shape index (κ1) is 22.7. The first-order chi connectivity index (χ1) is 16.3. The highest BCUT2D eigenvalue weighted by molar-refractivity contribution is 7.07. The molecule has 1 aliphatic rings. The lowest BCUT2D eigenvalue weighted by molar-refractivity contribution is -0.133. The molecule has 3 heterocycles. The molecule has 1 aliphatic heterocycles. The Morgan fingerprint density at radius 3 is 2.76 bits per heavy atom. The molecule has 0 saturated carbocycles. The first-order valence-electron chi connectivity index (χ1n) is 10.1. The normalized spacial score (nSPS) is 15.5. The zero-order chi connectivity index (χ0) is 24.4. The minimum Gasteiger partial charge on any atom is -0.466 e. The lowest BCUT2D eigenvalue weighted by Crippen LogP contribution is -2.40. The lowest BCUT2D eigenvalue weighted by atomic mass is 9.84. The first-order valence-corrected chi connectivity index (χ1v) is 10.9. The fraction of sp³-hybridized carbons (Fsp3) is 0.125. The number of thiazole rings is 1. The minimum absolute atomic E-state index is 0.0229. The van der Waals surface area contributed by atoms with Crippen molar-refractivity contribution in [3.05, 3.63) is 85.0 Å². The molecule has 34 heavy (non-hydrogen) atoms. The molecule has 4 rings (SSSR count). The van der Waals surface area contributed by atoms with E-state index in [-0.39, 0.29) is 26.2 Å². The summed E-state index contributed by atoms with van der Waals surface area (Å²) >= 11 is 0.923. The number of aryl methyl sites for hydroxylation is 1. The molecular weight excluding hydrogens is 454 g/mol. The molecule has 0 aliphatic carbocycles. The topological polar surface area (TPSA) is 140 Å². The number of nitrogens with zero attached hydrogens (tertiary/aromatic N) is 3. The van der Waals surface area contributed by atoms with Gasteiger partial charge in [-0.3, -0.25) is 19.1 Å². The van der Waals surface area contributed by atoms with Crippen LogP contribution >= 0.6 is 11.3 Å². The summed E-state index contributed by atoms with van der Waals surface area (Å²) in [5, 5.41) is 12.8. The van der Waals surface area contributed by atoms with Crippen molar-refractivity contribution in [2.75, 3.05) is 12.4 Å². The van der Waals surface area contributed by atoms with Gasteiger partial charge in [0, 0.05) is 24.2 Å². The highest BCUT2D eigenvalue weighted by Crippen LogP contribution is 2.36. The van der Waals surface area contributed by atoms with Crippen molar-refractivity contribution in [1.29, 1.82) is 5.26 Å². The molecule has 3 aromatic rings. The van der Waals surface area contributed by atoms with Gasteiger partial charge in [-0.2, -0.15) is 5.26 Å². The van der Waals surface area contributed by atoms with Crippen molar-refractivity contribution >= 4 is 46.4 Å². The molecule has 0 unspecified atom stereocenters. The Morgan fingerprint density at radius 2 is 2.12 bits per heavy atom. The summed E-state index contributed by atoms with van der Waals surface area (Å²) in [6, 6.07) is 12.7. The molecule has 170 valence electrons. The van der Waals surface area contributed by atoms with Crippen molar-refractivity contribution in [3.8, 4) is 6.07 Å². The van der Waals surface area contributed by atoms with Gasteiger partial charge in [0.1, 0.15) is 15.0 Å². The molecule has 1 aromatic carbocycles. The van der Waals surface area contributed by atoms with Crippen LogP contribution in [0.25, 0.3) is 17.5 Å². The van der Waals surface area contributed by atoms with Gasteiger partial charge in [0.05, 0.1) is 30.2 Å². The average Bonchev–Trinajstić information content (AvgIpc) is 3.15. The molecule has 0 saturated heterocycles. The average molecular weight is 474 g/mol. The number of fused-ring (bicyclic) bond motifs is 1. The Bertz CT molecular complexity index is 1560. The van der Waals surface area contributed by atoms with E-state index in [9.17, 15) is 19.6 Å². The van der Waals surface area contributed by atoms with Crippen LogP contribution in [-0.4, -0.2) is 28.5 Å². The van der Waals surface area contributed by atoms with E-state index in [1.54, 1.807) is 36.5 Å². The summed E-state index contributed by atoms with van der Waals surface area (Å²) < 4.78 is 5.97. The Balaban J connectivity index is 2.05. The molecule has 1 atom stereocenters. The molecule has 0 fully saturated rings. The zero-order valence-corrected chi connectivity index (χ0v) is 19.1. The third-order valence-electron chi connectivity index (χ3n) is 5.26. The second-order valence-electron chi connectivity index (χ2n) is 7.45. The summed E-state index contributed by atoms with van der Waals surface area (Å²) in [6.45, 7) is 1.89. The SMILES string of the molecule is COC(=O)/C=c1\sc2n(c1=O)C(N)=C(C#N)[C@H](c1cccnc1)C=2C(=O)Nc1cccc(C)c1. The minimum atomic E-state index is -0.868. The van der Waals surface area contributed by atoms with Gasteiger partial charge < -0.3 is 15.8 Å². The van der Waals surface area contributed by atoms with E-state index in [1.165, 1.54) is 13.3 Å². The second-order valence-corrected chi connectivity index (χ2v) is 8.48. The summed E-state index contributed by atoms with van der Waals surface area (Å²) in [5.41, 5.74) is 7.87. The number of nitriles is 1. The second kappa shape index (κ2) is 9.17. The van der Waals surface area contributed by atoms with Gasteiger partial charge >= 0.3 is 5.97 Å². The molecule has 0 radical (unpaired) electrons. The number of amides is 1. The van der Waals surface area contributed by atoms with Gasteiger partial charge in [-0.05, 0) is 36.2 Å². The largest absolute Gasteiger partial charge is 0.466 e. The van der Waals surface area contributed by atoms with Crippen LogP contribution < -0.4 is 25.8 Å². The number of rotatable bonds is 4. The van der Waals surface area contributed by atoms with Crippen LogP contribution in [0.2, 0.25) is 0 Å². The predicted octanol–water partition coefficient (Wildman–Crippen LogP) is 0.804. The monoisotopic (exact) mass is 473 g/mol. The molecule has 0 bridgehead atoms. The number of hydrogen-bond acceptors (Lipinski definition) is 8. The Labute approximate surface area is 197 Å². The Kier molecular flexibility index (Phi) is 6.12. The molecule has 1 amide bonds. The van der Waals surface area contributed by atoms with Crippen molar-refractivity contribution in [3.63, 3.8) is 0 Å². The summed E-state index contributed by atoms with van der Waals surface area (Å²) in [7, 11) is 1.19. The van der Waals surface area contributed by atoms with Gasteiger partial charge in [-0.25, -0.2) is 4.79 Å². The van der Waals surface area contributed by atoms with Crippen molar-refractivity contribution in [1.82, 2.24) is 9.55 Å². The third-order valence-corrected chi connectivity index (χ3v) is 6.37. The van der Waals surface area contributed by atoms with Crippen LogP contribution in [0.3, 0.4) is 0 Å².